The standard InChI is InChI=1S/C18H22N4O/c1-12(11-19)9-15-10-13-7-8-20-18(23)16(13)17(22-15)21-14-5-3-2-4-6-14/h2-6,8,10,12,18,23H,7,9,11,19H2,1H3,(H,21,22). The van der Waals surface area contributed by atoms with Gasteiger partial charge in [0.15, 0.2) is 6.23 Å². The highest BCUT2D eigenvalue weighted by Crippen LogP contribution is 2.32. The number of fused-ring (bicyclic) bond motifs is 1. The van der Waals surface area contributed by atoms with Crippen LogP contribution in [0.25, 0.3) is 0 Å². The predicted molar refractivity (Wildman–Crippen MR) is 93.0 cm³/mol. The molecule has 0 bridgehead atoms. The van der Waals surface area contributed by atoms with Gasteiger partial charge >= 0.3 is 0 Å². The molecule has 4 N–H and O–H groups in total. The Hall–Kier alpha value is -2.24. The number of pyridine rings is 1. The van der Waals surface area contributed by atoms with Gasteiger partial charge < -0.3 is 16.2 Å². The molecule has 3 rings (SSSR count). The third-order valence-corrected chi connectivity index (χ3v) is 4.01. The highest BCUT2D eigenvalue weighted by atomic mass is 16.3. The summed E-state index contributed by atoms with van der Waals surface area (Å²) in [5.74, 6) is 1.05. The zero-order valence-corrected chi connectivity index (χ0v) is 13.2. The Morgan fingerprint density at radius 2 is 2.13 bits per heavy atom. The number of nitrogens with one attached hydrogen (secondary N) is 1. The van der Waals surface area contributed by atoms with Crippen LogP contribution >= 0.6 is 0 Å². The maximum atomic E-state index is 10.2. The van der Waals surface area contributed by atoms with Gasteiger partial charge in [0.05, 0.1) is 0 Å². The van der Waals surface area contributed by atoms with E-state index >= 15 is 0 Å². The fraction of sp³-hybridized carbons (Fsp3) is 0.333. The van der Waals surface area contributed by atoms with Crippen LogP contribution in [-0.4, -0.2) is 22.8 Å². The van der Waals surface area contributed by atoms with Crippen LogP contribution in [0, 0.1) is 5.92 Å². The number of anilines is 2. The number of para-hydroxylation sites is 1. The fourth-order valence-corrected chi connectivity index (χ4v) is 2.75. The smallest absolute Gasteiger partial charge is 0.174 e. The second-order valence-electron chi connectivity index (χ2n) is 5.98. The number of benzene rings is 1. The van der Waals surface area contributed by atoms with Crippen molar-refractivity contribution < 1.29 is 5.11 Å². The highest BCUT2D eigenvalue weighted by Gasteiger charge is 2.22. The van der Waals surface area contributed by atoms with Crippen LogP contribution in [0.5, 0.6) is 0 Å². The molecule has 2 heterocycles. The second-order valence-corrected chi connectivity index (χ2v) is 5.98. The van der Waals surface area contributed by atoms with Gasteiger partial charge in [-0.1, -0.05) is 25.1 Å². The summed E-state index contributed by atoms with van der Waals surface area (Å²) >= 11 is 0. The molecule has 5 nitrogen and oxygen atoms in total. The summed E-state index contributed by atoms with van der Waals surface area (Å²) in [5.41, 5.74) is 9.50. The summed E-state index contributed by atoms with van der Waals surface area (Å²) in [7, 11) is 0. The molecule has 0 spiro atoms. The first-order valence-electron chi connectivity index (χ1n) is 7.92. The molecule has 5 heteroatoms. The van der Waals surface area contributed by atoms with Crippen LogP contribution in [-0.2, 0) is 12.8 Å². The van der Waals surface area contributed by atoms with Crippen molar-refractivity contribution >= 4 is 17.7 Å². The van der Waals surface area contributed by atoms with Crippen molar-refractivity contribution in [2.75, 3.05) is 11.9 Å². The summed E-state index contributed by atoms with van der Waals surface area (Å²) in [6.45, 7) is 2.74. The maximum absolute atomic E-state index is 10.2. The van der Waals surface area contributed by atoms with Crippen molar-refractivity contribution in [3.05, 3.63) is 53.2 Å². The summed E-state index contributed by atoms with van der Waals surface area (Å²) < 4.78 is 0. The van der Waals surface area contributed by atoms with Crippen molar-refractivity contribution in [3.63, 3.8) is 0 Å². The first kappa shape index (κ1) is 15.6. The first-order valence-corrected chi connectivity index (χ1v) is 7.92. The summed E-state index contributed by atoms with van der Waals surface area (Å²) in [4.78, 5) is 8.83. The van der Waals surface area contributed by atoms with E-state index in [-0.39, 0.29) is 0 Å². The lowest BCUT2D eigenvalue weighted by molar-refractivity contribution is 0.187. The Balaban J connectivity index is 1.99. The van der Waals surface area contributed by atoms with E-state index in [0.29, 0.717) is 24.7 Å². The molecule has 2 aromatic rings. The van der Waals surface area contributed by atoms with Gasteiger partial charge in [0.1, 0.15) is 5.82 Å². The van der Waals surface area contributed by atoms with Crippen LogP contribution in [0.2, 0.25) is 0 Å². The van der Waals surface area contributed by atoms with Gasteiger partial charge in [0.25, 0.3) is 0 Å². The number of aliphatic imine (C=N–C) groups is 1. The molecule has 1 aliphatic rings. The van der Waals surface area contributed by atoms with E-state index in [1.807, 2.05) is 30.3 Å². The Kier molecular flexibility index (Phi) is 4.69. The number of nitrogens with two attached hydrogens (primary N) is 1. The lowest BCUT2D eigenvalue weighted by Crippen LogP contribution is -2.17. The quantitative estimate of drug-likeness (QED) is 0.792. The zero-order chi connectivity index (χ0) is 16.2. The molecule has 0 saturated carbocycles. The third kappa shape index (κ3) is 3.57. The molecule has 0 fully saturated rings. The van der Waals surface area contributed by atoms with Crippen LogP contribution in [0.4, 0.5) is 11.5 Å². The van der Waals surface area contributed by atoms with E-state index in [9.17, 15) is 5.11 Å². The van der Waals surface area contributed by atoms with Gasteiger partial charge in [-0.15, -0.1) is 0 Å². The second kappa shape index (κ2) is 6.89. The molecule has 0 aliphatic carbocycles. The molecule has 0 amide bonds. The third-order valence-electron chi connectivity index (χ3n) is 4.01. The molecular formula is C18H22N4O. The number of rotatable bonds is 5. The Bertz CT molecular complexity index is 700. The van der Waals surface area contributed by atoms with Crippen LogP contribution < -0.4 is 11.1 Å². The number of aromatic nitrogens is 1. The lowest BCUT2D eigenvalue weighted by atomic mass is 9.98. The molecule has 0 radical (unpaired) electrons. The normalized spacial score (nSPS) is 17.6. The molecule has 1 aliphatic heterocycles. The van der Waals surface area contributed by atoms with E-state index in [2.05, 4.69) is 23.3 Å². The van der Waals surface area contributed by atoms with Crippen molar-refractivity contribution in [3.8, 4) is 0 Å². The van der Waals surface area contributed by atoms with Crippen LogP contribution in [0.15, 0.2) is 41.4 Å². The summed E-state index contributed by atoms with van der Waals surface area (Å²) in [5, 5.41) is 13.6. The molecular weight excluding hydrogens is 288 g/mol. The Labute approximate surface area is 136 Å². The van der Waals surface area contributed by atoms with Gasteiger partial charge in [-0.3, -0.25) is 4.99 Å². The maximum Gasteiger partial charge on any atom is 0.174 e. The molecule has 2 atom stereocenters. The van der Waals surface area contributed by atoms with Crippen LogP contribution in [0.1, 0.15) is 30.0 Å². The molecule has 1 aromatic carbocycles. The molecule has 120 valence electrons. The van der Waals surface area contributed by atoms with Gasteiger partial charge in [0, 0.05) is 29.6 Å². The van der Waals surface area contributed by atoms with Crippen molar-refractivity contribution in [2.45, 2.75) is 26.0 Å². The highest BCUT2D eigenvalue weighted by molar-refractivity contribution is 5.70. The summed E-state index contributed by atoms with van der Waals surface area (Å²) in [6.07, 6.45) is 2.43. The molecule has 1 aromatic heterocycles. The van der Waals surface area contributed by atoms with Gasteiger partial charge in [-0.05, 0) is 42.6 Å². The number of aliphatic hydroxyl groups excluding tert-OH is 1. The molecule has 23 heavy (non-hydrogen) atoms. The van der Waals surface area contributed by atoms with Gasteiger partial charge in [-0.25, -0.2) is 4.98 Å². The average Bonchev–Trinajstić information content (AvgIpc) is 2.55. The lowest BCUT2D eigenvalue weighted by Gasteiger charge is -2.22. The predicted octanol–water partition coefficient (Wildman–Crippen LogP) is 2.58. The monoisotopic (exact) mass is 310 g/mol. The van der Waals surface area contributed by atoms with E-state index in [4.69, 9.17) is 10.7 Å². The number of hydrogen-bond donors (Lipinski definition) is 3. The van der Waals surface area contributed by atoms with Crippen molar-refractivity contribution in [1.82, 2.24) is 4.98 Å². The topological polar surface area (TPSA) is 83.5 Å². The SMILES string of the molecule is CC(CN)Cc1cc2c(c(Nc3ccccc3)n1)C(O)N=CC2. The molecule has 0 saturated heterocycles. The Morgan fingerprint density at radius 1 is 1.35 bits per heavy atom. The minimum atomic E-state index is -0.863. The minimum absolute atomic E-state index is 0.368. The summed E-state index contributed by atoms with van der Waals surface area (Å²) in [6, 6.07) is 11.9. The molecule has 2 unspecified atom stereocenters. The van der Waals surface area contributed by atoms with E-state index in [1.54, 1.807) is 6.21 Å². The van der Waals surface area contributed by atoms with Crippen LogP contribution in [0.3, 0.4) is 0 Å². The van der Waals surface area contributed by atoms with E-state index in [1.165, 1.54) is 0 Å². The van der Waals surface area contributed by atoms with E-state index in [0.717, 1.165) is 28.9 Å². The fourth-order valence-electron chi connectivity index (χ4n) is 2.75. The minimum Gasteiger partial charge on any atom is -0.368 e. The van der Waals surface area contributed by atoms with Crippen molar-refractivity contribution in [2.24, 2.45) is 16.6 Å². The number of aliphatic hydroxyl groups is 1. The van der Waals surface area contributed by atoms with Gasteiger partial charge in [-0.2, -0.15) is 0 Å². The average molecular weight is 310 g/mol. The first-order chi connectivity index (χ1) is 11.2. The Morgan fingerprint density at radius 3 is 2.87 bits per heavy atom. The zero-order valence-electron chi connectivity index (χ0n) is 13.2. The number of hydrogen-bond acceptors (Lipinski definition) is 5. The number of nitrogens with zero attached hydrogens (tertiary/aromatic N) is 2. The van der Waals surface area contributed by atoms with Crippen molar-refractivity contribution in [1.29, 1.82) is 0 Å². The van der Waals surface area contributed by atoms with E-state index < -0.39 is 6.23 Å². The van der Waals surface area contributed by atoms with Gasteiger partial charge in [0.2, 0.25) is 0 Å². The largest absolute Gasteiger partial charge is 0.368 e.